The quantitative estimate of drug-likeness (QED) is 0.815. The number of aromatic nitrogens is 3. The molecule has 6 heteroatoms. The first-order valence-corrected chi connectivity index (χ1v) is 10.2. The van der Waals surface area contributed by atoms with E-state index in [0.717, 1.165) is 64.2 Å². The Morgan fingerprint density at radius 3 is 2.63 bits per heavy atom. The Balaban J connectivity index is 1.36. The number of aryl methyl sites for hydroxylation is 1. The Morgan fingerprint density at radius 1 is 1.11 bits per heavy atom. The van der Waals surface area contributed by atoms with Crippen LogP contribution in [0.2, 0.25) is 0 Å². The maximum atomic E-state index is 13.2. The minimum atomic E-state index is 0.0426. The topological polar surface area (TPSA) is 54.3 Å². The molecule has 0 spiro atoms. The van der Waals surface area contributed by atoms with Crippen LogP contribution in [0.4, 0.5) is 0 Å². The standard InChI is InChI=1S/C21H29N5O/c1-2-24-16-22-23-20(24)18-10-13-25(14-11-18)21(27)19-9-6-12-26(19)15-17-7-4-3-5-8-17/h3-5,7-8,16,18-19H,2,6,9-15H2,1H3. The van der Waals surface area contributed by atoms with Gasteiger partial charge in [-0.1, -0.05) is 30.3 Å². The van der Waals surface area contributed by atoms with Gasteiger partial charge in [-0.3, -0.25) is 9.69 Å². The van der Waals surface area contributed by atoms with Gasteiger partial charge in [-0.2, -0.15) is 0 Å². The Kier molecular flexibility index (Phi) is 5.53. The first kappa shape index (κ1) is 18.2. The van der Waals surface area contributed by atoms with Crippen molar-refractivity contribution in [2.75, 3.05) is 19.6 Å². The molecule has 1 amide bonds. The number of rotatable bonds is 5. The number of carbonyl (C=O) groups excluding carboxylic acids is 1. The molecule has 0 N–H and O–H groups in total. The van der Waals surface area contributed by atoms with Gasteiger partial charge >= 0.3 is 0 Å². The van der Waals surface area contributed by atoms with Crippen molar-refractivity contribution in [1.82, 2.24) is 24.6 Å². The van der Waals surface area contributed by atoms with Gasteiger partial charge in [-0.05, 0) is 44.7 Å². The van der Waals surface area contributed by atoms with E-state index in [2.05, 4.69) is 55.8 Å². The number of benzene rings is 1. The third-order valence-corrected chi connectivity index (χ3v) is 6.04. The number of nitrogens with zero attached hydrogens (tertiary/aromatic N) is 5. The fraction of sp³-hybridized carbons (Fsp3) is 0.571. The molecule has 1 aromatic carbocycles. The molecule has 2 aliphatic heterocycles. The van der Waals surface area contributed by atoms with Gasteiger partial charge in [0.15, 0.2) is 0 Å². The van der Waals surface area contributed by atoms with E-state index in [1.54, 1.807) is 0 Å². The lowest BCUT2D eigenvalue weighted by Gasteiger charge is -2.35. The van der Waals surface area contributed by atoms with E-state index in [0.29, 0.717) is 11.8 Å². The molecule has 2 aromatic rings. The van der Waals surface area contributed by atoms with Crippen molar-refractivity contribution in [2.24, 2.45) is 0 Å². The second-order valence-electron chi connectivity index (χ2n) is 7.69. The molecular formula is C21H29N5O. The van der Waals surface area contributed by atoms with Crippen molar-refractivity contribution in [2.45, 2.75) is 57.7 Å². The van der Waals surface area contributed by atoms with Gasteiger partial charge in [0, 0.05) is 32.1 Å². The molecule has 27 heavy (non-hydrogen) atoms. The van der Waals surface area contributed by atoms with E-state index < -0.39 is 0 Å². The zero-order chi connectivity index (χ0) is 18.6. The van der Waals surface area contributed by atoms with Crippen LogP contribution < -0.4 is 0 Å². The first-order chi connectivity index (χ1) is 13.3. The van der Waals surface area contributed by atoms with E-state index in [9.17, 15) is 4.79 Å². The highest BCUT2D eigenvalue weighted by molar-refractivity contribution is 5.82. The molecule has 144 valence electrons. The summed E-state index contributed by atoms with van der Waals surface area (Å²) in [4.78, 5) is 17.6. The van der Waals surface area contributed by atoms with Crippen LogP contribution in [0.25, 0.3) is 0 Å². The average Bonchev–Trinajstić information content (AvgIpc) is 3.37. The minimum absolute atomic E-state index is 0.0426. The summed E-state index contributed by atoms with van der Waals surface area (Å²) in [5.74, 6) is 1.82. The predicted octanol–water partition coefficient (Wildman–Crippen LogP) is 2.67. The molecule has 0 saturated carbocycles. The summed E-state index contributed by atoms with van der Waals surface area (Å²) in [6.07, 6.45) is 5.87. The van der Waals surface area contributed by atoms with E-state index in [1.807, 2.05) is 12.4 Å². The number of carbonyl (C=O) groups is 1. The first-order valence-electron chi connectivity index (χ1n) is 10.2. The zero-order valence-electron chi connectivity index (χ0n) is 16.1. The number of piperidine rings is 1. The highest BCUT2D eigenvalue weighted by atomic mass is 16.2. The monoisotopic (exact) mass is 367 g/mol. The predicted molar refractivity (Wildman–Crippen MR) is 104 cm³/mol. The van der Waals surface area contributed by atoms with Gasteiger partial charge in [0.05, 0.1) is 6.04 Å². The number of amides is 1. The van der Waals surface area contributed by atoms with Crippen molar-refractivity contribution < 1.29 is 4.79 Å². The average molecular weight is 367 g/mol. The maximum absolute atomic E-state index is 13.2. The molecule has 2 fully saturated rings. The molecule has 4 rings (SSSR count). The second kappa shape index (κ2) is 8.21. The lowest BCUT2D eigenvalue weighted by atomic mass is 9.95. The van der Waals surface area contributed by atoms with Crippen LogP contribution in [0.3, 0.4) is 0 Å². The summed E-state index contributed by atoms with van der Waals surface area (Å²) >= 11 is 0. The van der Waals surface area contributed by atoms with Crippen LogP contribution in [0, 0.1) is 0 Å². The number of hydrogen-bond acceptors (Lipinski definition) is 4. The highest BCUT2D eigenvalue weighted by Crippen LogP contribution is 2.29. The molecule has 0 bridgehead atoms. The molecule has 1 unspecified atom stereocenters. The molecule has 0 aliphatic carbocycles. The minimum Gasteiger partial charge on any atom is -0.341 e. The lowest BCUT2D eigenvalue weighted by Crippen LogP contribution is -2.48. The summed E-state index contributed by atoms with van der Waals surface area (Å²) in [6, 6.07) is 10.5. The summed E-state index contributed by atoms with van der Waals surface area (Å²) in [6.45, 7) is 6.56. The molecular weight excluding hydrogens is 338 g/mol. The normalized spacial score (nSPS) is 21.7. The lowest BCUT2D eigenvalue weighted by molar-refractivity contribution is -0.137. The Labute approximate surface area is 161 Å². The van der Waals surface area contributed by atoms with Crippen LogP contribution in [0.15, 0.2) is 36.7 Å². The van der Waals surface area contributed by atoms with Crippen molar-refractivity contribution in [3.05, 3.63) is 48.0 Å². The zero-order valence-corrected chi connectivity index (χ0v) is 16.1. The maximum Gasteiger partial charge on any atom is 0.239 e. The van der Waals surface area contributed by atoms with Crippen LogP contribution in [0.1, 0.15) is 49.9 Å². The number of hydrogen-bond donors (Lipinski definition) is 0. The highest BCUT2D eigenvalue weighted by Gasteiger charge is 2.35. The molecule has 2 aliphatic rings. The second-order valence-corrected chi connectivity index (χ2v) is 7.69. The van der Waals surface area contributed by atoms with E-state index in [1.165, 1.54) is 5.56 Å². The molecule has 2 saturated heterocycles. The smallest absolute Gasteiger partial charge is 0.239 e. The van der Waals surface area contributed by atoms with Crippen LogP contribution in [0.5, 0.6) is 0 Å². The Morgan fingerprint density at radius 2 is 1.89 bits per heavy atom. The molecule has 1 aromatic heterocycles. The van der Waals surface area contributed by atoms with Crippen LogP contribution >= 0.6 is 0 Å². The molecule has 0 radical (unpaired) electrons. The van der Waals surface area contributed by atoms with Gasteiger partial charge in [0.2, 0.25) is 5.91 Å². The van der Waals surface area contributed by atoms with Crippen LogP contribution in [-0.2, 0) is 17.9 Å². The van der Waals surface area contributed by atoms with Crippen LogP contribution in [-0.4, -0.2) is 56.1 Å². The van der Waals surface area contributed by atoms with Crippen molar-refractivity contribution >= 4 is 5.91 Å². The van der Waals surface area contributed by atoms with Gasteiger partial charge < -0.3 is 9.47 Å². The van der Waals surface area contributed by atoms with Crippen molar-refractivity contribution in [3.8, 4) is 0 Å². The van der Waals surface area contributed by atoms with Gasteiger partial charge in [0.25, 0.3) is 0 Å². The third-order valence-electron chi connectivity index (χ3n) is 6.04. The largest absolute Gasteiger partial charge is 0.341 e. The number of likely N-dealkylation sites (tertiary alicyclic amines) is 2. The Hall–Kier alpha value is -2.21. The summed E-state index contributed by atoms with van der Waals surface area (Å²) < 4.78 is 2.13. The van der Waals surface area contributed by atoms with Crippen molar-refractivity contribution in [3.63, 3.8) is 0 Å². The van der Waals surface area contributed by atoms with Gasteiger partial charge in [-0.25, -0.2) is 0 Å². The Bertz CT molecular complexity index is 751. The van der Waals surface area contributed by atoms with E-state index in [4.69, 9.17) is 0 Å². The summed E-state index contributed by atoms with van der Waals surface area (Å²) in [5, 5.41) is 8.38. The molecule has 1 atom stereocenters. The summed E-state index contributed by atoms with van der Waals surface area (Å²) in [5.41, 5.74) is 1.29. The fourth-order valence-corrected chi connectivity index (χ4v) is 4.51. The molecule has 6 nitrogen and oxygen atoms in total. The summed E-state index contributed by atoms with van der Waals surface area (Å²) in [7, 11) is 0. The van der Waals surface area contributed by atoms with E-state index in [-0.39, 0.29) is 6.04 Å². The van der Waals surface area contributed by atoms with Gasteiger partial charge in [0.1, 0.15) is 12.2 Å². The van der Waals surface area contributed by atoms with Gasteiger partial charge in [-0.15, -0.1) is 10.2 Å². The molecule has 3 heterocycles. The van der Waals surface area contributed by atoms with Crippen molar-refractivity contribution in [1.29, 1.82) is 0 Å². The third kappa shape index (κ3) is 3.90. The SMILES string of the molecule is CCn1cnnc1C1CCN(C(=O)C2CCCN2Cc2ccccc2)CC1. The fourth-order valence-electron chi connectivity index (χ4n) is 4.51. The van der Waals surface area contributed by atoms with E-state index >= 15 is 0 Å².